The second kappa shape index (κ2) is 6.42. The number of benzene rings is 2. The third-order valence-electron chi connectivity index (χ3n) is 4.40. The van der Waals surface area contributed by atoms with Crippen molar-refractivity contribution in [3.63, 3.8) is 0 Å². The molecule has 5 rings (SSSR count). The number of anilines is 2. The summed E-state index contributed by atoms with van der Waals surface area (Å²) in [6.07, 6.45) is 7.47. The molecule has 6 nitrogen and oxygen atoms in total. The highest BCUT2D eigenvalue weighted by Gasteiger charge is 2.08. The molecule has 3 heterocycles. The van der Waals surface area contributed by atoms with E-state index in [2.05, 4.69) is 48.7 Å². The van der Waals surface area contributed by atoms with Crippen molar-refractivity contribution in [2.45, 2.75) is 0 Å². The average molecular weight is 352 g/mol. The second-order valence-electron chi connectivity index (χ2n) is 6.25. The Kier molecular flexibility index (Phi) is 3.65. The molecule has 0 spiro atoms. The fraction of sp³-hybridized carbons (Fsp3) is 0. The van der Waals surface area contributed by atoms with Crippen molar-refractivity contribution >= 4 is 45.6 Å². The summed E-state index contributed by atoms with van der Waals surface area (Å²) in [5.41, 5.74) is 4.87. The van der Waals surface area contributed by atoms with Crippen molar-refractivity contribution in [3.05, 3.63) is 78.4 Å². The maximum atomic E-state index is 4.41. The van der Waals surface area contributed by atoms with E-state index in [1.54, 1.807) is 12.5 Å². The van der Waals surface area contributed by atoms with Gasteiger partial charge in [0.15, 0.2) is 0 Å². The van der Waals surface area contributed by atoms with Crippen molar-refractivity contribution in [1.29, 1.82) is 0 Å². The molecule has 0 amide bonds. The van der Waals surface area contributed by atoms with Crippen molar-refractivity contribution in [2.24, 2.45) is 0 Å². The fourth-order valence-corrected chi connectivity index (χ4v) is 3.06. The number of hydrogen-bond donors (Lipinski definition) is 3. The summed E-state index contributed by atoms with van der Waals surface area (Å²) >= 11 is 0. The van der Waals surface area contributed by atoms with Gasteiger partial charge in [0.2, 0.25) is 0 Å². The van der Waals surface area contributed by atoms with Gasteiger partial charge in [-0.05, 0) is 35.9 Å². The Morgan fingerprint density at radius 3 is 2.78 bits per heavy atom. The van der Waals surface area contributed by atoms with Crippen molar-refractivity contribution in [1.82, 2.24) is 25.1 Å². The Morgan fingerprint density at radius 1 is 0.926 bits per heavy atom. The average Bonchev–Trinajstić information content (AvgIpc) is 3.34. The third kappa shape index (κ3) is 3.04. The normalized spacial score (nSPS) is 11.6. The van der Waals surface area contributed by atoms with E-state index in [9.17, 15) is 0 Å². The number of aromatic nitrogens is 5. The molecule has 27 heavy (non-hydrogen) atoms. The molecule has 6 heteroatoms. The minimum Gasteiger partial charge on any atom is -0.340 e. The Bertz CT molecular complexity index is 1250. The lowest BCUT2D eigenvalue weighted by molar-refractivity contribution is 1.12. The van der Waals surface area contributed by atoms with E-state index < -0.39 is 0 Å². The summed E-state index contributed by atoms with van der Waals surface area (Å²) in [5, 5.41) is 12.4. The van der Waals surface area contributed by atoms with Gasteiger partial charge in [0, 0.05) is 16.8 Å². The molecule has 5 aromatic rings. The van der Waals surface area contributed by atoms with Crippen LogP contribution < -0.4 is 5.32 Å². The minimum atomic E-state index is 0.762. The lowest BCUT2D eigenvalue weighted by atomic mass is 10.2. The van der Waals surface area contributed by atoms with Gasteiger partial charge in [-0.25, -0.2) is 9.97 Å². The van der Waals surface area contributed by atoms with Crippen LogP contribution in [0.2, 0.25) is 0 Å². The van der Waals surface area contributed by atoms with Gasteiger partial charge in [0.1, 0.15) is 17.8 Å². The van der Waals surface area contributed by atoms with Gasteiger partial charge in [-0.3, -0.25) is 5.10 Å². The smallest absolute Gasteiger partial charge is 0.143 e. The molecule has 0 radical (unpaired) electrons. The first-order chi connectivity index (χ1) is 13.3. The zero-order chi connectivity index (χ0) is 18.1. The zero-order valence-electron chi connectivity index (χ0n) is 14.3. The molecule has 0 saturated heterocycles. The third-order valence-corrected chi connectivity index (χ3v) is 4.40. The number of nitrogens with zero attached hydrogens (tertiary/aromatic N) is 3. The Hall–Kier alpha value is -3.93. The second-order valence-corrected chi connectivity index (χ2v) is 6.25. The maximum Gasteiger partial charge on any atom is 0.143 e. The van der Waals surface area contributed by atoms with E-state index in [-0.39, 0.29) is 0 Å². The summed E-state index contributed by atoms with van der Waals surface area (Å²) < 4.78 is 0. The Labute approximate surface area is 155 Å². The van der Waals surface area contributed by atoms with Crippen LogP contribution >= 0.6 is 0 Å². The first-order valence-corrected chi connectivity index (χ1v) is 8.62. The van der Waals surface area contributed by atoms with Crippen LogP contribution in [0.25, 0.3) is 34.1 Å². The zero-order valence-corrected chi connectivity index (χ0v) is 14.3. The first-order valence-electron chi connectivity index (χ1n) is 8.62. The summed E-state index contributed by atoms with van der Waals surface area (Å²) in [7, 11) is 0. The SMILES string of the molecule is C(=Cc1cc2c(Nc3ccc4[nH]ncc4c3)ncnc2[nH]1)c1ccccc1. The van der Waals surface area contributed by atoms with Gasteiger partial charge in [-0.15, -0.1) is 0 Å². The number of rotatable bonds is 4. The predicted molar refractivity (Wildman–Crippen MR) is 109 cm³/mol. The highest BCUT2D eigenvalue weighted by molar-refractivity contribution is 5.92. The van der Waals surface area contributed by atoms with E-state index in [1.165, 1.54) is 0 Å². The van der Waals surface area contributed by atoms with Crippen molar-refractivity contribution < 1.29 is 0 Å². The minimum absolute atomic E-state index is 0.762. The molecule has 0 fully saturated rings. The van der Waals surface area contributed by atoms with Crippen molar-refractivity contribution in [3.8, 4) is 0 Å². The van der Waals surface area contributed by atoms with E-state index in [4.69, 9.17) is 0 Å². The van der Waals surface area contributed by atoms with E-state index in [1.807, 2.05) is 48.5 Å². The molecule has 2 aromatic carbocycles. The summed E-state index contributed by atoms with van der Waals surface area (Å²) in [4.78, 5) is 12.1. The Morgan fingerprint density at radius 2 is 1.85 bits per heavy atom. The number of H-pyrrole nitrogens is 2. The number of hydrogen-bond acceptors (Lipinski definition) is 4. The predicted octanol–water partition coefficient (Wildman–Crippen LogP) is 4.75. The lowest BCUT2D eigenvalue weighted by Gasteiger charge is -2.06. The molecule has 0 saturated carbocycles. The molecule has 130 valence electrons. The quantitative estimate of drug-likeness (QED) is 0.436. The van der Waals surface area contributed by atoms with Gasteiger partial charge in [-0.2, -0.15) is 5.10 Å². The van der Waals surface area contributed by atoms with Gasteiger partial charge in [-0.1, -0.05) is 36.4 Å². The molecule has 3 aromatic heterocycles. The van der Waals surface area contributed by atoms with Crippen LogP contribution in [0, 0.1) is 0 Å². The standard InChI is InChI=1S/C21H16N6/c1-2-4-14(5-3-1)6-7-17-11-18-20(22-13-23-21(18)26-17)25-16-8-9-19-15(10-16)12-24-27-19/h1-13H,(H,24,27)(H2,22,23,25,26). The van der Waals surface area contributed by atoms with E-state index >= 15 is 0 Å². The van der Waals surface area contributed by atoms with Crippen LogP contribution in [-0.2, 0) is 0 Å². The Balaban J connectivity index is 1.47. The summed E-state index contributed by atoms with van der Waals surface area (Å²) in [5.74, 6) is 0.762. The van der Waals surface area contributed by atoms with Gasteiger partial charge in [0.25, 0.3) is 0 Å². The molecule has 0 aliphatic rings. The van der Waals surface area contributed by atoms with Crippen molar-refractivity contribution in [2.75, 3.05) is 5.32 Å². The molecule has 3 N–H and O–H groups in total. The van der Waals surface area contributed by atoms with Crippen LogP contribution in [0.4, 0.5) is 11.5 Å². The molecule has 0 aliphatic carbocycles. The lowest BCUT2D eigenvalue weighted by Crippen LogP contribution is -1.94. The van der Waals surface area contributed by atoms with Gasteiger partial charge >= 0.3 is 0 Å². The van der Waals surface area contributed by atoms with Crippen LogP contribution in [0.5, 0.6) is 0 Å². The monoisotopic (exact) mass is 352 g/mol. The number of nitrogens with one attached hydrogen (secondary N) is 3. The molecular weight excluding hydrogens is 336 g/mol. The summed E-state index contributed by atoms with van der Waals surface area (Å²) in [6, 6.07) is 18.3. The van der Waals surface area contributed by atoms with Crippen LogP contribution in [0.3, 0.4) is 0 Å². The van der Waals surface area contributed by atoms with Crippen LogP contribution in [0.15, 0.2) is 67.1 Å². The van der Waals surface area contributed by atoms with Gasteiger partial charge < -0.3 is 10.3 Å². The van der Waals surface area contributed by atoms with Crippen LogP contribution in [0.1, 0.15) is 11.3 Å². The van der Waals surface area contributed by atoms with Crippen LogP contribution in [-0.4, -0.2) is 25.1 Å². The first kappa shape index (κ1) is 15.3. The molecule has 0 atom stereocenters. The van der Waals surface area contributed by atoms with E-state index in [0.717, 1.165) is 44.7 Å². The number of aromatic amines is 2. The molecule has 0 bridgehead atoms. The highest BCUT2D eigenvalue weighted by atomic mass is 15.1. The maximum absolute atomic E-state index is 4.41. The molecule has 0 unspecified atom stereocenters. The topological polar surface area (TPSA) is 82.3 Å². The fourth-order valence-electron chi connectivity index (χ4n) is 3.06. The largest absolute Gasteiger partial charge is 0.340 e. The van der Waals surface area contributed by atoms with E-state index in [0.29, 0.717) is 0 Å². The molecular formula is C21H16N6. The number of fused-ring (bicyclic) bond motifs is 2. The summed E-state index contributed by atoms with van der Waals surface area (Å²) in [6.45, 7) is 0. The highest BCUT2D eigenvalue weighted by Crippen LogP contribution is 2.26. The van der Waals surface area contributed by atoms with Gasteiger partial charge in [0.05, 0.1) is 17.1 Å². The molecule has 0 aliphatic heterocycles.